The van der Waals surface area contributed by atoms with Gasteiger partial charge in [-0.3, -0.25) is 0 Å². The molecule has 1 N–H and O–H groups in total. The van der Waals surface area contributed by atoms with Crippen molar-refractivity contribution in [3.8, 4) is 11.5 Å². The first-order valence-corrected chi connectivity index (χ1v) is 6.77. The third-order valence-corrected chi connectivity index (χ3v) is 3.40. The zero-order chi connectivity index (χ0) is 15.0. The molecular weight excluding hydrogens is 279 g/mol. The average molecular weight is 293 g/mol. The van der Waals surface area contributed by atoms with Crippen molar-refractivity contribution in [2.24, 2.45) is 0 Å². The summed E-state index contributed by atoms with van der Waals surface area (Å²) in [5, 5.41) is 3.18. The Bertz CT molecular complexity index is 680. The van der Waals surface area contributed by atoms with Crippen molar-refractivity contribution in [1.29, 1.82) is 0 Å². The Morgan fingerprint density at radius 3 is 2.57 bits per heavy atom. The maximum atomic E-state index is 13.0. The molecule has 0 radical (unpaired) electrons. The van der Waals surface area contributed by atoms with Crippen LogP contribution in [0, 0.1) is 0 Å². The first-order valence-electron chi connectivity index (χ1n) is 6.77. The highest BCUT2D eigenvalue weighted by Crippen LogP contribution is 2.46. The molecule has 0 unspecified atom stereocenters. The smallest absolute Gasteiger partial charge is 0.416 e. The van der Waals surface area contributed by atoms with Crippen LogP contribution in [0.1, 0.15) is 24.5 Å². The SMILES string of the molecule is CCCc1cc(C(F)(F)F)cc2c1Nc1ccccc1O2. The summed E-state index contributed by atoms with van der Waals surface area (Å²) in [4.78, 5) is 0. The van der Waals surface area contributed by atoms with Gasteiger partial charge in [-0.2, -0.15) is 13.2 Å². The molecule has 0 spiro atoms. The van der Waals surface area contributed by atoms with E-state index in [-0.39, 0.29) is 5.75 Å². The van der Waals surface area contributed by atoms with Crippen molar-refractivity contribution in [3.63, 3.8) is 0 Å². The van der Waals surface area contributed by atoms with Gasteiger partial charge in [0.15, 0.2) is 11.5 Å². The fraction of sp³-hybridized carbons (Fsp3) is 0.250. The molecule has 110 valence electrons. The fourth-order valence-electron chi connectivity index (χ4n) is 2.44. The normalized spacial score (nSPS) is 13.0. The second-order valence-corrected chi connectivity index (χ2v) is 4.98. The third-order valence-electron chi connectivity index (χ3n) is 3.40. The highest BCUT2D eigenvalue weighted by Gasteiger charge is 2.33. The van der Waals surface area contributed by atoms with E-state index in [0.29, 0.717) is 23.4 Å². The topological polar surface area (TPSA) is 21.3 Å². The number of rotatable bonds is 2. The number of halogens is 3. The monoisotopic (exact) mass is 293 g/mol. The molecule has 3 rings (SSSR count). The number of alkyl halides is 3. The van der Waals surface area contributed by atoms with Crippen LogP contribution in [0.25, 0.3) is 0 Å². The van der Waals surface area contributed by atoms with Crippen molar-refractivity contribution in [1.82, 2.24) is 0 Å². The van der Waals surface area contributed by atoms with Crippen LogP contribution < -0.4 is 10.1 Å². The van der Waals surface area contributed by atoms with Crippen molar-refractivity contribution in [3.05, 3.63) is 47.5 Å². The van der Waals surface area contributed by atoms with Gasteiger partial charge in [-0.1, -0.05) is 25.5 Å². The van der Waals surface area contributed by atoms with Gasteiger partial charge in [-0.15, -0.1) is 0 Å². The standard InChI is InChI=1S/C16H14F3NO/c1-2-5-10-8-11(16(17,18)19)9-14-15(10)20-12-6-3-4-7-13(12)21-14/h3-4,6-9,20H,2,5H2,1H3. The molecule has 2 aromatic rings. The first-order chi connectivity index (χ1) is 9.99. The van der Waals surface area contributed by atoms with Gasteiger partial charge in [0.2, 0.25) is 0 Å². The Hall–Kier alpha value is -2.17. The van der Waals surface area contributed by atoms with Crippen LogP contribution in [0.3, 0.4) is 0 Å². The molecule has 0 aromatic heterocycles. The van der Waals surface area contributed by atoms with Crippen molar-refractivity contribution in [2.75, 3.05) is 5.32 Å². The van der Waals surface area contributed by atoms with Crippen molar-refractivity contribution >= 4 is 11.4 Å². The summed E-state index contributed by atoms with van der Waals surface area (Å²) in [6.45, 7) is 1.93. The molecule has 1 aliphatic rings. The zero-order valence-corrected chi connectivity index (χ0v) is 11.4. The molecule has 0 saturated carbocycles. The Balaban J connectivity index is 2.11. The maximum absolute atomic E-state index is 13.0. The van der Waals surface area contributed by atoms with Crippen LogP contribution in [0.5, 0.6) is 11.5 Å². The number of ether oxygens (including phenoxy) is 1. The van der Waals surface area contributed by atoms with Gasteiger partial charge in [0.1, 0.15) is 0 Å². The predicted molar refractivity (Wildman–Crippen MR) is 75.2 cm³/mol. The molecular formula is C16H14F3NO. The van der Waals surface area contributed by atoms with Gasteiger partial charge in [0, 0.05) is 0 Å². The summed E-state index contributed by atoms with van der Waals surface area (Å²) in [6.07, 6.45) is -3.06. The average Bonchev–Trinajstić information content (AvgIpc) is 2.44. The lowest BCUT2D eigenvalue weighted by Crippen LogP contribution is -2.11. The second kappa shape index (κ2) is 4.98. The molecule has 0 fully saturated rings. The molecule has 1 heterocycles. The maximum Gasteiger partial charge on any atom is 0.416 e. The number of para-hydroxylation sites is 2. The molecule has 1 aliphatic heterocycles. The molecule has 0 atom stereocenters. The van der Waals surface area contributed by atoms with Gasteiger partial charge in [0.25, 0.3) is 0 Å². The summed E-state index contributed by atoms with van der Waals surface area (Å²) >= 11 is 0. The summed E-state index contributed by atoms with van der Waals surface area (Å²) in [7, 11) is 0. The lowest BCUT2D eigenvalue weighted by Gasteiger charge is -2.25. The van der Waals surface area contributed by atoms with Crippen LogP contribution in [0.4, 0.5) is 24.5 Å². The Kier molecular flexibility index (Phi) is 3.27. The number of hydrogen-bond donors (Lipinski definition) is 1. The van der Waals surface area contributed by atoms with Gasteiger partial charge in [0.05, 0.1) is 16.9 Å². The fourth-order valence-corrected chi connectivity index (χ4v) is 2.44. The van der Waals surface area contributed by atoms with Gasteiger partial charge in [-0.05, 0) is 36.2 Å². The van der Waals surface area contributed by atoms with Crippen LogP contribution in [0.15, 0.2) is 36.4 Å². The summed E-state index contributed by atoms with van der Waals surface area (Å²) in [6, 6.07) is 9.45. The van der Waals surface area contributed by atoms with E-state index in [0.717, 1.165) is 18.2 Å². The van der Waals surface area contributed by atoms with E-state index in [4.69, 9.17) is 4.74 Å². The predicted octanol–water partition coefficient (Wildman–Crippen LogP) is 5.51. The van der Waals surface area contributed by atoms with Crippen molar-refractivity contribution in [2.45, 2.75) is 25.9 Å². The van der Waals surface area contributed by atoms with Crippen LogP contribution >= 0.6 is 0 Å². The molecule has 0 amide bonds. The van der Waals surface area contributed by atoms with E-state index >= 15 is 0 Å². The van der Waals surface area contributed by atoms with Gasteiger partial charge >= 0.3 is 6.18 Å². The number of fused-ring (bicyclic) bond motifs is 2. The highest BCUT2D eigenvalue weighted by atomic mass is 19.4. The lowest BCUT2D eigenvalue weighted by atomic mass is 10.0. The third kappa shape index (κ3) is 2.55. The Morgan fingerprint density at radius 2 is 1.86 bits per heavy atom. The van der Waals surface area contributed by atoms with Crippen LogP contribution in [0.2, 0.25) is 0 Å². The minimum atomic E-state index is -4.38. The van der Waals surface area contributed by atoms with Gasteiger partial charge < -0.3 is 10.1 Å². The summed E-state index contributed by atoms with van der Waals surface area (Å²) < 4.78 is 44.6. The molecule has 21 heavy (non-hydrogen) atoms. The molecule has 5 heteroatoms. The number of nitrogens with one attached hydrogen (secondary N) is 1. The summed E-state index contributed by atoms with van der Waals surface area (Å²) in [5.74, 6) is 0.763. The van der Waals surface area contributed by atoms with E-state index in [1.54, 1.807) is 12.1 Å². The second-order valence-electron chi connectivity index (χ2n) is 4.98. The van der Waals surface area contributed by atoms with Crippen LogP contribution in [-0.2, 0) is 12.6 Å². The number of hydrogen-bond acceptors (Lipinski definition) is 2. The van der Waals surface area contributed by atoms with Gasteiger partial charge in [-0.25, -0.2) is 0 Å². The molecule has 0 saturated heterocycles. The van der Waals surface area contributed by atoms with E-state index in [9.17, 15) is 13.2 Å². The quantitative estimate of drug-likeness (QED) is 0.673. The van der Waals surface area contributed by atoms with Crippen LogP contribution in [-0.4, -0.2) is 0 Å². The van der Waals surface area contributed by atoms with E-state index < -0.39 is 11.7 Å². The van der Waals surface area contributed by atoms with Crippen molar-refractivity contribution < 1.29 is 17.9 Å². The summed E-state index contributed by atoms with van der Waals surface area (Å²) in [5.41, 5.74) is 1.34. The highest BCUT2D eigenvalue weighted by molar-refractivity contribution is 5.78. The van der Waals surface area contributed by atoms with E-state index in [2.05, 4.69) is 5.32 Å². The number of aryl methyl sites for hydroxylation is 1. The molecule has 2 aromatic carbocycles. The minimum Gasteiger partial charge on any atom is -0.453 e. The first kappa shape index (κ1) is 13.8. The van der Waals surface area contributed by atoms with E-state index in [1.165, 1.54) is 6.07 Å². The van der Waals surface area contributed by atoms with E-state index in [1.807, 2.05) is 19.1 Å². The Labute approximate surface area is 120 Å². The largest absolute Gasteiger partial charge is 0.453 e. The number of benzene rings is 2. The molecule has 2 nitrogen and oxygen atoms in total. The number of anilines is 2. The Morgan fingerprint density at radius 1 is 1.10 bits per heavy atom. The molecule has 0 bridgehead atoms. The zero-order valence-electron chi connectivity index (χ0n) is 11.4. The molecule has 0 aliphatic carbocycles. The minimum absolute atomic E-state index is 0.229. The lowest BCUT2D eigenvalue weighted by molar-refractivity contribution is -0.137.